The van der Waals surface area contributed by atoms with Crippen LogP contribution in [0.25, 0.3) is 11.0 Å². The molecule has 2 aromatic heterocycles. The Labute approximate surface area is 120 Å². The summed E-state index contributed by atoms with van der Waals surface area (Å²) in [6.45, 7) is 3.94. The smallest absolute Gasteiger partial charge is 0.136 e. The molecule has 3 aromatic rings. The van der Waals surface area contributed by atoms with Gasteiger partial charge in [-0.3, -0.25) is 0 Å². The maximum atomic E-state index is 9.56. The molecule has 0 spiro atoms. The normalized spacial score (nSPS) is 12.9. The molecule has 1 atom stereocenters. The molecule has 2 heterocycles. The van der Waals surface area contributed by atoms with E-state index < -0.39 is 0 Å². The molecule has 3 rings (SSSR count). The molecule has 0 aliphatic heterocycles. The van der Waals surface area contributed by atoms with Crippen molar-refractivity contribution in [2.75, 3.05) is 5.73 Å². The molecular weight excluding hydrogens is 272 g/mol. The van der Waals surface area contributed by atoms with E-state index in [4.69, 9.17) is 5.73 Å². The third-order valence-electron chi connectivity index (χ3n) is 3.31. The van der Waals surface area contributed by atoms with Crippen molar-refractivity contribution >= 4 is 28.1 Å². The lowest BCUT2D eigenvalue weighted by molar-refractivity contribution is 0.264. The first-order valence-electron chi connectivity index (χ1n) is 6.39. The van der Waals surface area contributed by atoms with Crippen LogP contribution in [0, 0.1) is 6.92 Å². The Kier molecular flexibility index (Phi) is 3.19. The Bertz CT molecular complexity index is 762. The molecule has 0 saturated heterocycles. The first-order chi connectivity index (χ1) is 9.60. The fourth-order valence-electron chi connectivity index (χ4n) is 2.38. The zero-order chi connectivity index (χ0) is 14.3. The minimum Gasteiger partial charge on any atom is -0.399 e. The Morgan fingerprint density at radius 3 is 2.85 bits per heavy atom. The van der Waals surface area contributed by atoms with Crippen LogP contribution in [0.3, 0.4) is 0 Å². The van der Waals surface area contributed by atoms with E-state index in [0.717, 1.165) is 21.7 Å². The summed E-state index contributed by atoms with van der Waals surface area (Å²) >= 11 is 1.62. The fraction of sp³-hybridized carbons (Fsp3) is 0.286. The van der Waals surface area contributed by atoms with Crippen LogP contribution in [0.2, 0.25) is 0 Å². The van der Waals surface area contributed by atoms with Crippen LogP contribution in [0.4, 0.5) is 5.69 Å². The van der Waals surface area contributed by atoms with Gasteiger partial charge < -0.3 is 15.4 Å². The summed E-state index contributed by atoms with van der Waals surface area (Å²) in [7, 11) is 0. The zero-order valence-electron chi connectivity index (χ0n) is 11.4. The number of nitrogens with two attached hydrogens (primary N) is 1. The van der Waals surface area contributed by atoms with Gasteiger partial charge in [-0.15, -0.1) is 11.3 Å². The van der Waals surface area contributed by atoms with Gasteiger partial charge in [-0.25, -0.2) is 9.97 Å². The summed E-state index contributed by atoms with van der Waals surface area (Å²) < 4.78 is 2.02. The van der Waals surface area contributed by atoms with Crippen LogP contribution < -0.4 is 5.73 Å². The van der Waals surface area contributed by atoms with Gasteiger partial charge in [-0.1, -0.05) is 0 Å². The summed E-state index contributed by atoms with van der Waals surface area (Å²) in [4.78, 5) is 8.99. The Balaban J connectivity index is 2.18. The second-order valence-corrected chi connectivity index (χ2v) is 5.70. The number of hydrogen-bond acceptors (Lipinski definition) is 5. The number of aliphatic hydroxyl groups is 1. The number of imidazole rings is 1. The number of aromatic nitrogens is 3. The van der Waals surface area contributed by atoms with Gasteiger partial charge >= 0.3 is 0 Å². The average molecular weight is 288 g/mol. The number of aryl methyl sites for hydroxylation is 1. The van der Waals surface area contributed by atoms with Gasteiger partial charge in [0.15, 0.2) is 0 Å². The first kappa shape index (κ1) is 13.1. The van der Waals surface area contributed by atoms with Crippen molar-refractivity contribution in [1.82, 2.24) is 14.5 Å². The molecule has 3 N–H and O–H groups in total. The van der Waals surface area contributed by atoms with Crippen LogP contribution in [0.1, 0.15) is 29.5 Å². The molecule has 0 fully saturated rings. The van der Waals surface area contributed by atoms with Gasteiger partial charge in [0.05, 0.1) is 17.1 Å². The largest absolute Gasteiger partial charge is 0.399 e. The number of fused-ring (bicyclic) bond motifs is 1. The van der Waals surface area contributed by atoms with E-state index in [1.54, 1.807) is 11.3 Å². The highest BCUT2D eigenvalue weighted by atomic mass is 32.1. The topological polar surface area (TPSA) is 77.0 Å². The minimum absolute atomic E-state index is 0.0319. The van der Waals surface area contributed by atoms with Crippen molar-refractivity contribution in [1.29, 1.82) is 0 Å². The molecule has 0 aliphatic rings. The summed E-state index contributed by atoms with van der Waals surface area (Å²) in [5.74, 6) is 0.631. The van der Waals surface area contributed by atoms with Gasteiger partial charge in [-0.05, 0) is 32.0 Å². The zero-order valence-corrected chi connectivity index (χ0v) is 12.2. The molecule has 1 aromatic carbocycles. The third-order valence-corrected chi connectivity index (χ3v) is 4.44. The van der Waals surface area contributed by atoms with Crippen molar-refractivity contribution in [3.8, 4) is 0 Å². The molecule has 0 bridgehead atoms. The third kappa shape index (κ3) is 2.07. The molecule has 5 nitrogen and oxygen atoms in total. The predicted octanol–water partition coefficient (Wildman–Crippen LogP) is 2.49. The van der Waals surface area contributed by atoms with E-state index in [9.17, 15) is 5.11 Å². The van der Waals surface area contributed by atoms with Crippen molar-refractivity contribution in [3.63, 3.8) is 0 Å². The lowest BCUT2D eigenvalue weighted by Gasteiger charge is -2.14. The highest BCUT2D eigenvalue weighted by molar-refractivity contribution is 7.09. The monoisotopic (exact) mass is 288 g/mol. The maximum absolute atomic E-state index is 9.56. The molecule has 104 valence electrons. The van der Waals surface area contributed by atoms with Crippen LogP contribution in [0.5, 0.6) is 0 Å². The number of nitrogen functional groups attached to an aromatic ring is 1. The number of anilines is 1. The molecule has 0 saturated carbocycles. The second-order valence-electron chi connectivity index (χ2n) is 4.81. The molecular formula is C14H16N4OS. The highest BCUT2D eigenvalue weighted by Gasteiger charge is 2.19. The molecule has 0 aliphatic carbocycles. The number of aliphatic hydroxyl groups excluding tert-OH is 1. The highest BCUT2D eigenvalue weighted by Crippen LogP contribution is 2.28. The first-order valence-corrected chi connectivity index (χ1v) is 7.27. The number of rotatable bonds is 3. The van der Waals surface area contributed by atoms with Gasteiger partial charge in [0.1, 0.15) is 17.4 Å². The summed E-state index contributed by atoms with van der Waals surface area (Å²) in [5, 5.41) is 12.6. The average Bonchev–Trinajstić information content (AvgIpc) is 3.00. The fourth-order valence-corrected chi connectivity index (χ4v) is 3.23. The van der Waals surface area contributed by atoms with Crippen molar-refractivity contribution in [2.45, 2.75) is 26.5 Å². The van der Waals surface area contributed by atoms with Gasteiger partial charge in [0.25, 0.3) is 0 Å². The van der Waals surface area contributed by atoms with Crippen molar-refractivity contribution < 1.29 is 5.11 Å². The standard InChI is InChI=1S/C14H16N4OS/c1-8-7-20-14(16-8)9(2)18-12-4-3-10(15)5-11(12)17-13(18)6-19/h3-5,7,9,19H,6,15H2,1-2H3. The van der Waals surface area contributed by atoms with E-state index in [0.29, 0.717) is 11.5 Å². The molecule has 1 unspecified atom stereocenters. The summed E-state index contributed by atoms with van der Waals surface area (Å²) in [6.07, 6.45) is 0. The molecule has 0 radical (unpaired) electrons. The van der Waals surface area contributed by atoms with E-state index in [-0.39, 0.29) is 12.6 Å². The van der Waals surface area contributed by atoms with Crippen LogP contribution in [0.15, 0.2) is 23.6 Å². The van der Waals surface area contributed by atoms with Gasteiger partial charge in [0, 0.05) is 16.8 Å². The van der Waals surface area contributed by atoms with Crippen molar-refractivity contribution in [2.24, 2.45) is 0 Å². The quantitative estimate of drug-likeness (QED) is 0.726. The van der Waals surface area contributed by atoms with E-state index in [1.165, 1.54) is 0 Å². The number of hydrogen-bond donors (Lipinski definition) is 2. The summed E-state index contributed by atoms with van der Waals surface area (Å²) in [5.41, 5.74) is 9.24. The number of nitrogens with zero attached hydrogens (tertiary/aromatic N) is 3. The molecule has 20 heavy (non-hydrogen) atoms. The lowest BCUT2D eigenvalue weighted by Crippen LogP contribution is -2.10. The van der Waals surface area contributed by atoms with Crippen LogP contribution in [-0.2, 0) is 6.61 Å². The molecule has 0 amide bonds. The van der Waals surface area contributed by atoms with Gasteiger partial charge in [0.2, 0.25) is 0 Å². The van der Waals surface area contributed by atoms with E-state index in [1.807, 2.05) is 35.1 Å². The van der Waals surface area contributed by atoms with Gasteiger partial charge in [-0.2, -0.15) is 0 Å². The van der Waals surface area contributed by atoms with Crippen LogP contribution >= 0.6 is 11.3 Å². The number of thiazole rings is 1. The maximum Gasteiger partial charge on any atom is 0.136 e. The Hall–Kier alpha value is -1.92. The Morgan fingerprint density at radius 1 is 1.40 bits per heavy atom. The lowest BCUT2D eigenvalue weighted by atomic mass is 10.2. The van der Waals surface area contributed by atoms with E-state index in [2.05, 4.69) is 16.9 Å². The SMILES string of the molecule is Cc1csc(C(C)n2c(CO)nc3cc(N)ccc32)n1. The molecule has 6 heteroatoms. The minimum atomic E-state index is -0.108. The summed E-state index contributed by atoms with van der Waals surface area (Å²) in [6, 6.07) is 5.64. The number of benzene rings is 1. The Morgan fingerprint density at radius 2 is 2.20 bits per heavy atom. The van der Waals surface area contributed by atoms with E-state index >= 15 is 0 Å². The van der Waals surface area contributed by atoms with Crippen molar-refractivity contribution in [3.05, 3.63) is 40.1 Å². The predicted molar refractivity (Wildman–Crippen MR) is 80.7 cm³/mol. The van der Waals surface area contributed by atoms with Crippen LogP contribution in [-0.4, -0.2) is 19.6 Å². The second kappa shape index (κ2) is 4.88.